The fourth-order valence-corrected chi connectivity index (χ4v) is 3.56. The third kappa shape index (κ3) is 7.45. The first kappa shape index (κ1) is 25.0. The summed E-state index contributed by atoms with van der Waals surface area (Å²) >= 11 is 0. The van der Waals surface area contributed by atoms with Crippen molar-refractivity contribution >= 4 is 5.91 Å². The Morgan fingerprint density at radius 2 is 1.85 bits per heavy atom. The monoisotopic (exact) mass is 466 g/mol. The molecular weight excluding hydrogens is 436 g/mol. The van der Waals surface area contributed by atoms with E-state index in [-0.39, 0.29) is 29.6 Å². The van der Waals surface area contributed by atoms with Crippen molar-refractivity contribution in [2.45, 2.75) is 46.5 Å². The van der Waals surface area contributed by atoms with Crippen LogP contribution in [0.2, 0.25) is 0 Å². The van der Waals surface area contributed by atoms with Crippen LogP contribution in [-0.4, -0.2) is 30.4 Å². The Morgan fingerprint density at radius 1 is 1.12 bits per heavy atom. The highest BCUT2D eigenvalue weighted by Gasteiger charge is 2.33. The maximum atomic E-state index is 14.5. The number of nitrogens with one attached hydrogen (secondary N) is 1. The molecule has 1 saturated heterocycles. The molecule has 0 radical (unpaired) electrons. The Balaban J connectivity index is 1.46. The number of carbonyl (C=O) groups excluding carboxylic acids is 1. The van der Waals surface area contributed by atoms with Gasteiger partial charge < -0.3 is 10.1 Å². The second kappa shape index (κ2) is 10.1. The van der Waals surface area contributed by atoms with Crippen molar-refractivity contribution < 1.29 is 27.1 Å². The number of benzene rings is 2. The first-order chi connectivity index (χ1) is 15.4. The molecule has 1 amide bonds. The molecule has 1 heterocycles. The second-order valence-corrected chi connectivity index (χ2v) is 9.73. The molecule has 4 nitrogen and oxygen atoms in total. The topological polar surface area (TPSA) is 41.6 Å². The lowest BCUT2D eigenvalue weighted by molar-refractivity contribution is -0.137. The number of nitrogens with zero attached hydrogens (tertiary/aromatic N) is 1. The molecule has 2 aromatic rings. The number of likely N-dealkylation sites (tertiary alicyclic amines) is 1. The van der Waals surface area contributed by atoms with E-state index in [4.69, 9.17) is 4.74 Å². The van der Waals surface area contributed by atoms with Gasteiger partial charge in [-0.05, 0) is 35.6 Å². The number of hydrogen-bond donors (Lipinski definition) is 1. The summed E-state index contributed by atoms with van der Waals surface area (Å²) in [5, 5.41) is 2.96. The molecule has 2 aromatic carbocycles. The van der Waals surface area contributed by atoms with Crippen LogP contribution in [0.3, 0.4) is 0 Å². The minimum absolute atomic E-state index is 0.0364. The van der Waals surface area contributed by atoms with Crippen LogP contribution < -0.4 is 10.1 Å². The summed E-state index contributed by atoms with van der Waals surface area (Å²) in [4.78, 5) is 14.2. The summed E-state index contributed by atoms with van der Waals surface area (Å²) in [6.45, 7) is 8.46. The van der Waals surface area contributed by atoms with Crippen molar-refractivity contribution in [1.29, 1.82) is 0 Å². The second-order valence-electron chi connectivity index (χ2n) is 9.73. The van der Waals surface area contributed by atoms with Crippen LogP contribution in [0.5, 0.6) is 5.75 Å². The van der Waals surface area contributed by atoms with Crippen LogP contribution >= 0.6 is 0 Å². The standard InChI is InChI=1S/C25H30F4N2O2/c1-24(2,3)9-10-30-23(32)19-14-31(15-19)13-18-7-8-21(12-22(18)26)33-16-17-5-4-6-20(11-17)25(27,28)29/h4-8,11-12,19H,9-10,13-16H2,1-3H3,(H,30,32). The SMILES string of the molecule is CC(C)(C)CCNC(=O)C1CN(Cc2ccc(OCc3cccc(C(F)(F)F)c3)cc2F)C1. The Hall–Kier alpha value is -2.61. The molecule has 1 fully saturated rings. The number of hydrogen-bond acceptors (Lipinski definition) is 3. The highest BCUT2D eigenvalue weighted by atomic mass is 19.4. The van der Waals surface area contributed by atoms with Gasteiger partial charge in [0.2, 0.25) is 5.91 Å². The van der Waals surface area contributed by atoms with Crippen LogP contribution in [0.15, 0.2) is 42.5 Å². The normalized spacial score (nSPS) is 15.2. The molecule has 0 aromatic heterocycles. The molecule has 0 atom stereocenters. The highest BCUT2D eigenvalue weighted by molar-refractivity contribution is 5.80. The smallest absolute Gasteiger partial charge is 0.416 e. The predicted octanol–water partition coefficient (Wildman–Crippen LogP) is 5.41. The van der Waals surface area contributed by atoms with E-state index in [2.05, 4.69) is 26.1 Å². The fourth-order valence-electron chi connectivity index (χ4n) is 3.56. The van der Waals surface area contributed by atoms with E-state index in [1.807, 2.05) is 4.90 Å². The van der Waals surface area contributed by atoms with Crippen molar-refractivity contribution in [3.63, 3.8) is 0 Å². The minimum atomic E-state index is -4.42. The summed E-state index contributed by atoms with van der Waals surface area (Å²) in [7, 11) is 0. The van der Waals surface area contributed by atoms with E-state index in [9.17, 15) is 22.4 Å². The molecule has 1 N–H and O–H groups in total. The van der Waals surface area contributed by atoms with Gasteiger partial charge in [-0.1, -0.05) is 39.0 Å². The fraction of sp³-hybridized carbons (Fsp3) is 0.480. The van der Waals surface area contributed by atoms with Gasteiger partial charge in [-0.3, -0.25) is 9.69 Å². The summed E-state index contributed by atoms with van der Waals surface area (Å²) in [5.74, 6) is -0.250. The molecule has 1 aliphatic rings. The molecule has 8 heteroatoms. The number of rotatable bonds is 8. The predicted molar refractivity (Wildman–Crippen MR) is 118 cm³/mol. The van der Waals surface area contributed by atoms with Gasteiger partial charge in [0.15, 0.2) is 0 Å². The van der Waals surface area contributed by atoms with Crippen LogP contribution in [0.4, 0.5) is 17.6 Å². The van der Waals surface area contributed by atoms with Crippen molar-refractivity contribution in [3.8, 4) is 5.75 Å². The summed E-state index contributed by atoms with van der Waals surface area (Å²) in [5.41, 5.74) is 0.245. The van der Waals surface area contributed by atoms with Gasteiger partial charge in [-0.15, -0.1) is 0 Å². The van der Waals surface area contributed by atoms with Crippen molar-refractivity contribution in [2.75, 3.05) is 19.6 Å². The van der Waals surface area contributed by atoms with E-state index in [0.29, 0.717) is 37.3 Å². The minimum Gasteiger partial charge on any atom is -0.489 e. The average Bonchev–Trinajstić information content (AvgIpc) is 2.68. The zero-order valence-corrected chi connectivity index (χ0v) is 19.1. The third-order valence-corrected chi connectivity index (χ3v) is 5.58. The molecule has 3 rings (SSSR count). The molecule has 0 saturated carbocycles. The number of amides is 1. The van der Waals surface area contributed by atoms with Crippen LogP contribution in [-0.2, 0) is 24.1 Å². The lowest BCUT2D eigenvalue weighted by atomic mass is 9.92. The van der Waals surface area contributed by atoms with E-state index < -0.39 is 17.6 Å². The Bertz CT molecular complexity index is 964. The number of ether oxygens (including phenoxy) is 1. The van der Waals surface area contributed by atoms with Crippen LogP contribution in [0.1, 0.15) is 43.9 Å². The molecule has 0 aliphatic carbocycles. The van der Waals surface area contributed by atoms with Crippen molar-refractivity contribution in [1.82, 2.24) is 10.2 Å². The van der Waals surface area contributed by atoms with Gasteiger partial charge in [0, 0.05) is 37.8 Å². The molecule has 0 unspecified atom stereocenters. The number of carbonyl (C=O) groups is 1. The maximum absolute atomic E-state index is 14.5. The van der Waals surface area contributed by atoms with E-state index in [1.165, 1.54) is 18.2 Å². The number of alkyl halides is 3. The van der Waals surface area contributed by atoms with E-state index in [1.54, 1.807) is 12.1 Å². The summed E-state index contributed by atoms with van der Waals surface area (Å²) < 4.78 is 58.4. The van der Waals surface area contributed by atoms with Crippen molar-refractivity contribution in [2.24, 2.45) is 11.3 Å². The largest absolute Gasteiger partial charge is 0.489 e. The molecular formula is C25H30F4N2O2. The maximum Gasteiger partial charge on any atom is 0.416 e. The van der Waals surface area contributed by atoms with Gasteiger partial charge in [0.25, 0.3) is 0 Å². The summed E-state index contributed by atoms with van der Waals surface area (Å²) in [6, 6.07) is 9.30. The van der Waals surface area contributed by atoms with Gasteiger partial charge in [0.1, 0.15) is 18.2 Å². The lowest BCUT2D eigenvalue weighted by Crippen LogP contribution is -2.53. The first-order valence-corrected chi connectivity index (χ1v) is 11.0. The molecule has 33 heavy (non-hydrogen) atoms. The quantitative estimate of drug-likeness (QED) is 0.529. The van der Waals surface area contributed by atoms with E-state index >= 15 is 0 Å². The van der Waals surface area contributed by atoms with Gasteiger partial charge in [-0.25, -0.2) is 4.39 Å². The van der Waals surface area contributed by atoms with Gasteiger partial charge >= 0.3 is 6.18 Å². The molecule has 1 aliphatic heterocycles. The van der Waals surface area contributed by atoms with Crippen LogP contribution in [0.25, 0.3) is 0 Å². The molecule has 0 bridgehead atoms. The Morgan fingerprint density at radius 3 is 2.48 bits per heavy atom. The zero-order valence-electron chi connectivity index (χ0n) is 19.1. The summed E-state index contributed by atoms with van der Waals surface area (Å²) in [6.07, 6.45) is -3.52. The van der Waals surface area contributed by atoms with Crippen LogP contribution in [0, 0.1) is 17.2 Å². The average molecular weight is 467 g/mol. The lowest BCUT2D eigenvalue weighted by Gasteiger charge is -2.38. The van der Waals surface area contributed by atoms with Crippen molar-refractivity contribution in [3.05, 3.63) is 65.0 Å². The molecule has 0 spiro atoms. The van der Waals surface area contributed by atoms with Gasteiger partial charge in [-0.2, -0.15) is 13.2 Å². The number of halogens is 4. The Kier molecular flexibility index (Phi) is 7.67. The van der Waals surface area contributed by atoms with Gasteiger partial charge in [0.05, 0.1) is 11.5 Å². The zero-order chi connectivity index (χ0) is 24.2. The third-order valence-electron chi connectivity index (χ3n) is 5.58. The highest BCUT2D eigenvalue weighted by Crippen LogP contribution is 2.30. The first-order valence-electron chi connectivity index (χ1n) is 11.0. The Labute approximate surface area is 191 Å². The van der Waals surface area contributed by atoms with E-state index in [0.717, 1.165) is 18.6 Å². The molecule has 180 valence electrons.